The molecule has 19 heteroatoms. The van der Waals surface area contributed by atoms with Crippen LogP contribution in [0.25, 0.3) is 0 Å². The quantitative estimate of drug-likeness (QED) is 0.0199. The lowest BCUT2D eigenvalue weighted by Gasteiger charge is -2.48. The maximum atomic E-state index is 13.4. The lowest BCUT2D eigenvalue weighted by atomic mass is 9.96. The second-order valence-electron chi connectivity index (χ2n) is 25.3. The molecule has 3 rings (SSSR count). The maximum Gasteiger partial charge on any atom is 0.220 e. The summed E-state index contributed by atoms with van der Waals surface area (Å²) in [5, 5.41) is 120. The van der Waals surface area contributed by atoms with Gasteiger partial charge >= 0.3 is 0 Å². The number of carbonyl (C=O) groups is 1. The molecule has 0 aromatic carbocycles. The zero-order valence-electron chi connectivity index (χ0n) is 57.1. The first kappa shape index (κ1) is 84.7. The molecule has 17 unspecified atom stereocenters. The normalized spacial score (nSPS) is 28.0. The van der Waals surface area contributed by atoms with Crippen molar-refractivity contribution < 1.29 is 89.4 Å². The topological polar surface area (TPSA) is 307 Å². The third-order valence-corrected chi connectivity index (χ3v) is 17.3. The van der Waals surface area contributed by atoms with Gasteiger partial charge in [-0.25, -0.2) is 0 Å². The molecule has 0 aliphatic carbocycles. The van der Waals surface area contributed by atoms with Gasteiger partial charge in [0.25, 0.3) is 0 Å². The standard InChI is InChI=1S/C75H127NO18/c1-3-5-7-9-11-13-15-16-17-18-19-20-21-22-23-24-25-26-27-28-29-30-31-32-33-34-35-36-37-38-39-40-41-42-43-45-47-49-51-53-63(81)76-58(59(80)52-50-48-46-44-14-12-10-8-6-4-2)57-89-73-69(87)66(84)71(61(55-78)91-73)94-75-70(88)67(85)72(62(56-79)92-75)93-74-68(86)65(83)64(82)60(54-77)90-74/h5,7,11,13,16-17,19-20,22-23,25-26,28-29,31-32,50,52,58-62,64-75,77-80,82-88H,3-4,6,8-10,12,14-15,18,21,24,27,30,33-49,51,53-57H2,1-2H3,(H,76,81)/b7-5-,13-11-,17-16-,20-19-,23-22-,26-25-,29-28-,32-31-,52-50+. The Kier molecular flexibility index (Phi) is 49.9. The van der Waals surface area contributed by atoms with Crippen LogP contribution >= 0.6 is 0 Å². The summed E-state index contributed by atoms with van der Waals surface area (Å²) in [4.78, 5) is 13.4. The number of nitrogens with one attached hydrogen (secondary N) is 1. The average Bonchev–Trinajstić information content (AvgIpc) is 0.788. The summed E-state index contributed by atoms with van der Waals surface area (Å²) in [6.45, 7) is 1.57. The minimum atomic E-state index is -1.98. The van der Waals surface area contributed by atoms with Gasteiger partial charge in [-0.2, -0.15) is 0 Å². The lowest BCUT2D eigenvalue weighted by molar-refractivity contribution is -0.379. The smallest absolute Gasteiger partial charge is 0.220 e. The third-order valence-electron chi connectivity index (χ3n) is 17.3. The highest BCUT2D eigenvalue weighted by Crippen LogP contribution is 2.33. The first-order valence-corrected chi connectivity index (χ1v) is 36.1. The third kappa shape index (κ3) is 36.3. The number of rotatable bonds is 54. The van der Waals surface area contributed by atoms with E-state index in [2.05, 4.69) is 116 Å². The van der Waals surface area contributed by atoms with Gasteiger partial charge < -0.3 is 89.9 Å². The molecule has 540 valence electrons. The minimum Gasteiger partial charge on any atom is -0.394 e. The highest BCUT2D eigenvalue weighted by Gasteiger charge is 2.53. The number of ether oxygens (including phenoxy) is 6. The van der Waals surface area contributed by atoms with Gasteiger partial charge in [0.15, 0.2) is 18.9 Å². The molecule has 0 aromatic heterocycles. The van der Waals surface area contributed by atoms with Crippen LogP contribution in [0.15, 0.2) is 109 Å². The summed E-state index contributed by atoms with van der Waals surface area (Å²) < 4.78 is 34.3. The molecule has 0 radical (unpaired) electrons. The SMILES string of the molecule is CC/C=C\C/C=C\C/C=C\C/C=C\C/C=C\C/C=C\C/C=C\C/C=C\CCCCCCCCCCCCCCCCC(=O)NC(COC1OC(CO)C(OC2OC(CO)C(OC3OC(CO)C(O)C(O)C3O)C(O)C2O)C(O)C1O)C(O)/C=C/CCCCCCCCCC. The van der Waals surface area contributed by atoms with Gasteiger partial charge in [0.1, 0.15) is 73.2 Å². The van der Waals surface area contributed by atoms with E-state index in [1.807, 2.05) is 6.08 Å². The molecule has 3 saturated heterocycles. The zero-order valence-corrected chi connectivity index (χ0v) is 57.1. The molecule has 0 bridgehead atoms. The first-order chi connectivity index (χ1) is 45.8. The van der Waals surface area contributed by atoms with Gasteiger partial charge in [-0.05, 0) is 83.5 Å². The Morgan fingerprint density at radius 3 is 1.15 bits per heavy atom. The zero-order chi connectivity index (χ0) is 68.2. The van der Waals surface area contributed by atoms with Crippen LogP contribution in [0.4, 0.5) is 0 Å². The van der Waals surface area contributed by atoms with Gasteiger partial charge in [0.2, 0.25) is 5.91 Å². The number of carbonyl (C=O) groups excluding carboxylic acids is 1. The molecule has 0 spiro atoms. The second-order valence-corrected chi connectivity index (χ2v) is 25.3. The summed E-state index contributed by atoms with van der Waals surface area (Å²) in [5.74, 6) is -0.282. The van der Waals surface area contributed by atoms with Gasteiger partial charge in [-0.3, -0.25) is 4.79 Å². The van der Waals surface area contributed by atoms with Crippen molar-refractivity contribution in [3.8, 4) is 0 Å². The van der Waals surface area contributed by atoms with Gasteiger partial charge in [0.05, 0.1) is 38.6 Å². The van der Waals surface area contributed by atoms with E-state index in [-0.39, 0.29) is 18.9 Å². The number of aliphatic hydroxyl groups is 11. The average molecular weight is 1330 g/mol. The Hall–Kier alpha value is -3.55. The van der Waals surface area contributed by atoms with E-state index in [1.54, 1.807) is 6.08 Å². The van der Waals surface area contributed by atoms with Crippen LogP contribution in [0.3, 0.4) is 0 Å². The monoisotopic (exact) mass is 1330 g/mol. The molecule has 3 aliphatic heterocycles. The molecule has 1 amide bonds. The fraction of sp³-hybridized carbons (Fsp3) is 0.747. The largest absolute Gasteiger partial charge is 0.394 e. The lowest BCUT2D eigenvalue weighted by Crippen LogP contribution is -2.66. The summed E-state index contributed by atoms with van der Waals surface area (Å²) in [6, 6.07) is -0.977. The number of unbranched alkanes of at least 4 members (excludes halogenated alkanes) is 22. The molecule has 12 N–H and O–H groups in total. The molecule has 3 heterocycles. The highest BCUT2D eigenvalue weighted by molar-refractivity contribution is 5.76. The van der Waals surface area contributed by atoms with E-state index >= 15 is 0 Å². The molecule has 0 aromatic rings. The Balaban J connectivity index is 1.30. The molecule has 0 saturated carbocycles. The van der Waals surface area contributed by atoms with E-state index in [4.69, 9.17) is 28.4 Å². The predicted octanol–water partition coefficient (Wildman–Crippen LogP) is 10.2. The van der Waals surface area contributed by atoms with Crippen LogP contribution in [0.1, 0.15) is 226 Å². The Morgan fingerprint density at radius 2 is 0.734 bits per heavy atom. The van der Waals surface area contributed by atoms with Crippen LogP contribution in [-0.4, -0.2) is 193 Å². The summed E-state index contributed by atoms with van der Waals surface area (Å²) in [5.41, 5.74) is 0. The van der Waals surface area contributed by atoms with E-state index < -0.39 is 124 Å². The van der Waals surface area contributed by atoms with Crippen molar-refractivity contribution in [3.05, 3.63) is 109 Å². The van der Waals surface area contributed by atoms with Gasteiger partial charge in [0, 0.05) is 6.42 Å². The van der Waals surface area contributed by atoms with Crippen molar-refractivity contribution in [2.24, 2.45) is 0 Å². The number of hydrogen-bond acceptors (Lipinski definition) is 18. The molecule has 19 nitrogen and oxygen atoms in total. The van der Waals surface area contributed by atoms with E-state index in [9.17, 15) is 61.0 Å². The molecular formula is C75H127NO18. The van der Waals surface area contributed by atoms with Crippen LogP contribution in [-0.2, 0) is 33.2 Å². The van der Waals surface area contributed by atoms with Crippen LogP contribution < -0.4 is 5.32 Å². The van der Waals surface area contributed by atoms with Crippen molar-refractivity contribution in [2.45, 2.75) is 330 Å². The fourth-order valence-corrected chi connectivity index (χ4v) is 11.5. The van der Waals surface area contributed by atoms with Crippen molar-refractivity contribution in [1.82, 2.24) is 5.32 Å². The highest BCUT2D eigenvalue weighted by atomic mass is 16.8. The number of amides is 1. The second kappa shape index (κ2) is 55.3. The molecule has 94 heavy (non-hydrogen) atoms. The fourth-order valence-electron chi connectivity index (χ4n) is 11.5. The minimum absolute atomic E-state index is 0.237. The van der Waals surface area contributed by atoms with Gasteiger partial charge in [-0.1, -0.05) is 245 Å². The van der Waals surface area contributed by atoms with Crippen molar-refractivity contribution in [3.63, 3.8) is 0 Å². The molecular weight excluding hydrogens is 1200 g/mol. The van der Waals surface area contributed by atoms with E-state index in [0.717, 1.165) is 103 Å². The first-order valence-electron chi connectivity index (χ1n) is 36.1. The summed E-state index contributed by atoms with van der Waals surface area (Å²) >= 11 is 0. The molecule has 17 atom stereocenters. The van der Waals surface area contributed by atoms with Crippen LogP contribution in [0.2, 0.25) is 0 Å². The number of allylic oxidation sites excluding steroid dienone is 17. The van der Waals surface area contributed by atoms with Crippen molar-refractivity contribution in [2.75, 3.05) is 26.4 Å². The Morgan fingerprint density at radius 1 is 0.394 bits per heavy atom. The Bertz CT molecular complexity index is 2130. The number of aliphatic hydroxyl groups excluding tert-OH is 11. The molecule has 3 aliphatic rings. The summed E-state index contributed by atoms with van der Waals surface area (Å²) in [7, 11) is 0. The maximum absolute atomic E-state index is 13.4. The van der Waals surface area contributed by atoms with E-state index in [1.165, 1.54) is 96.3 Å². The van der Waals surface area contributed by atoms with Crippen LogP contribution in [0, 0.1) is 0 Å². The van der Waals surface area contributed by atoms with Crippen molar-refractivity contribution >= 4 is 5.91 Å². The summed E-state index contributed by atoms with van der Waals surface area (Å²) in [6.07, 6.45) is 48.1. The van der Waals surface area contributed by atoms with Crippen molar-refractivity contribution in [1.29, 1.82) is 0 Å². The van der Waals surface area contributed by atoms with E-state index in [0.29, 0.717) is 6.42 Å². The van der Waals surface area contributed by atoms with Gasteiger partial charge in [-0.15, -0.1) is 0 Å². The predicted molar refractivity (Wildman–Crippen MR) is 369 cm³/mol. The van der Waals surface area contributed by atoms with Crippen LogP contribution in [0.5, 0.6) is 0 Å². The number of hydrogen-bond donors (Lipinski definition) is 12. The molecule has 3 fully saturated rings. The Labute approximate surface area is 564 Å².